The molecule has 1 atom stereocenters. The van der Waals surface area contributed by atoms with Crippen molar-refractivity contribution in [1.82, 2.24) is 5.32 Å². The molecule has 3 aromatic rings. The molecule has 0 bridgehead atoms. The van der Waals surface area contributed by atoms with Gasteiger partial charge in [-0.3, -0.25) is 0 Å². The average molecular weight is 458 g/mol. The quantitative estimate of drug-likeness (QED) is 0.494. The lowest BCUT2D eigenvalue weighted by molar-refractivity contribution is -0.305. The monoisotopic (exact) mass is 458 g/mol. The minimum absolute atomic E-state index is 0.00780. The Morgan fingerprint density at radius 3 is 2.03 bits per heavy atom. The maximum absolute atomic E-state index is 12.6. The zero-order chi connectivity index (χ0) is 23.9. The first-order valence-electron chi connectivity index (χ1n) is 11.0. The molecular weight excluding hydrogens is 434 g/mol. The van der Waals surface area contributed by atoms with E-state index in [2.05, 4.69) is 5.32 Å². The molecule has 0 saturated carbocycles. The van der Waals surface area contributed by atoms with Crippen molar-refractivity contribution in [1.29, 1.82) is 0 Å². The number of nitrogens with one attached hydrogen (secondary N) is 1. The number of benzene rings is 3. The van der Waals surface area contributed by atoms with E-state index in [1.54, 1.807) is 12.1 Å². The van der Waals surface area contributed by atoms with Gasteiger partial charge in [-0.05, 0) is 40.7 Å². The maximum Gasteiger partial charge on any atom is 0.407 e. The fourth-order valence-corrected chi connectivity index (χ4v) is 4.12. The topological polar surface area (TPSA) is 105 Å². The van der Waals surface area contributed by atoms with Crippen LogP contribution in [0.3, 0.4) is 0 Å². The van der Waals surface area contributed by atoms with Gasteiger partial charge in [-0.25, -0.2) is 9.59 Å². The Hall–Kier alpha value is -4.13. The van der Waals surface area contributed by atoms with Gasteiger partial charge < -0.3 is 24.7 Å². The molecule has 1 N–H and O–H groups in total. The molecule has 7 heteroatoms. The number of carboxylic acids is 1. The fourth-order valence-electron chi connectivity index (χ4n) is 4.12. The molecule has 34 heavy (non-hydrogen) atoms. The Balaban J connectivity index is 1.39. The van der Waals surface area contributed by atoms with Gasteiger partial charge in [-0.15, -0.1) is 0 Å². The summed E-state index contributed by atoms with van der Waals surface area (Å²) in [5.41, 5.74) is 5.10. The smallest absolute Gasteiger partial charge is 0.407 e. The van der Waals surface area contributed by atoms with Crippen LogP contribution in [0, 0.1) is 0 Å². The number of hydrogen-bond acceptors (Lipinski definition) is 6. The van der Waals surface area contributed by atoms with Crippen LogP contribution >= 0.6 is 0 Å². The highest BCUT2D eigenvalue weighted by atomic mass is 16.6. The standard InChI is InChI=1S/C27H25NO6/c29-25(30)15-14-24(26(31)33-16-18-8-2-1-3-9-18)28-27(32)34-17-23-21-12-6-4-10-19(21)20-11-5-7-13-22(20)23/h1-13,23-24H,14-17H2,(H,28,32)(H,29,30)/p-1/t24-/m1/s1. The number of hydrogen-bond donors (Lipinski definition) is 1. The molecule has 0 unspecified atom stereocenters. The van der Waals surface area contributed by atoms with E-state index >= 15 is 0 Å². The van der Waals surface area contributed by atoms with Gasteiger partial charge in [-0.2, -0.15) is 0 Å². The second-order valence-electron chi connectivity index (χ2n) is 8.03. The second-order valence-corrected chi connectivity index (χ2v) is 8.03. The second kappa shape index (κ2) is 10.7. The molecule has 0 saturated heterocycles. The maximum atomic E-state index is 12.6. The van der Waals surface area contributed by atoms with Crippen LogP contribution in [0.2, 0.25) is 0 Å². The van der Waals surface area contributed by atoms with Crippen LogP contribution in [0.4, 0.5) is 4.79 Å². The van der Waals surface area contributed by atoms with Crippen LogP contribution in [0.1, 0.15) is 35.4 Å². The highest BCUT2D eigenvalue weighted by Crippen LogP contribution is 2.44. The lowest BCUT2D eigenvalue weighted by Gasteiger charge is -2.19. The van der Waals surface area contributed by atoms with E-state index in [0.29, 0.717) is 0 Å². The van der Waals surface area contributed by atoms with Crippen molar-refractivity contribution in [3.63, 3.8) is 0 Å². The van der Waals surface area contributed by atoms with Crippen molar-refractivity contribution >= 4 is 18.0 Å². The number of fused-ring (bicyclic) bond motifs is 3. The summed E-state index contributed by atoms with van der Waals surface area (Å²) in [4.78, 5) is 36.0. The summed E-state index contributed by atoms with van der Waals surface area (Å²) in [6.07, 6.45) is -1.39. The van der Waals surface area contributed by atoms with E-state index < -0.39 is 30.5 Å². The third kappa shape index (κ3) is 5.43. The Labute approximate surface area is 197 Å². The van der Waals surface area contributed by atoms with Crippen LogP contribution in [-0.4, -0.2) is 30.7 Å². The van der Waals surface area contributed by atoms with Crippen molar-refractivity contribution in [3.8, 4) is 11.1 Å². The molecule has 1 aliphatic carbocycles. The minimum atomic E-state index is -1.32. The summed E-state index contributed by atoms with van der Waals surface area (Å²) in [6, 6.07) is 23.8. The van der Waals surface area contributed by atoms with Crippen molar-refractivity contribution in [3.05, 3.63) is 95.6 Å². The Kier molecular flexibility index (Phi) is 7.22. The van der Waals surface area contributed by atoms with Crippen LogP contribution < -0.4 is 10.4 Å². The molecule has 1 amide bonds. The SMILES string of the molecule is O=C([O-])CC[C@@H](NC(=O)OCC1c2ccccc2-c2ccccc21)C(=O)OCc1ccccc1. The lowest BCUT2D eigenvalue weighted by atomic mass is 9.98. The van der Waals surface area contributed by atoms with Crippen LogP contribution in [0.15, 0.2) is 78.9 Å². The van der Waals surface area contributed by atoms with Gasteiger partial charge in [0.05, 0.1) is 0 Å². The van der Waals surface area contributed by atoms with Crippen molar-refractivity contribution < 1.29 is 29.0 Å². The molecule has 0 heterocycles. The van der Waals surface area contributed by atoms with Gasteiger partial charge >= 0.3 is 12.1 Å². The number of rotatable bonds is 9. The molecule has 0 aliphatic heterocycles. The van der Waals surface area contributed by atoms with Crippen molar-refractivity contribution in [2.75, 3.05) is 6.61 Å². The Bertz CT molecular complexity index is 1130. The predicted octanol–water partition coefficient (Wildman–Crippen LogP) is 3.17. The first kappa shape index (κ1) is 23.0. The largest absolute Gasteiger partial charge is 0.550 e. The summed E-state index contributed by atoms with van der Waals surface area (Å²) in [5.74, 6) is -2.20. The molecule has 7 nitrogen and oxygen atoms in total. The summed E-state index contributed by atoms with van der Waals surface area (Å²) < 4.78 is 10.7. The van der Waals surface area contributed by atoms with E-state index in [1.807, 2.05) is 66.7 Å². The fraction of sp³-hybridized carbons (Fsp3) is 0.222. The van der Waals surface area contributed by atoms with Gasteiger partial charge in [0.15, 0.2) is 0 Å². The number of ether oxygens (including phenoxy) is 2. The number of esters is 1. The van der Waals surface area contributed by atoms with Gasteiger partial charge in [-0.1, -0.05) is 78.9 Å². The molecule has 1 aliphatic rings. The van der Waals surface area contributed by atoms with Crippen LogP contribution in [0.5, 0.6) is 0 Å². The highest BCUT2D eigenvalue weighted by Gasteiger charge is 2.30. The van der Waals surface area contributed by atoms with E-state index in [-0.39, 0.29) is 25.6 Å². The third-order valence-electron chi connectivity index (χ3n) is 5.78. The molecule has 0 fully saturated rings. The van der Waals surface area contributed by atoms with Gasteiger partial charge in [0.2, 0.25) is 0 Å². The molecule has 174 valence electrons. The molecule has 3 aromatic carbocycles. The van der Waals surface area contributed by atoms with Crippen molar-refractivity contribution in [2.24, 2.45) is 0 Å². The zero-order valence-corrected chi connectivity index (χ0v) is 18.4. The zero-order valence-electron chi connectivity index (χ0n) is 18.4. The van der Waals surface area contributed by atoms with E-state index in [1.165, 1.54) is 0 Å². The first-order chi connectivity index (χ1) is 16.5. The summed E-state index contributed by atoms with van der Waals surface area (Å²) in [6.45, 7) is 0.0833. The molecule has 4 rings (SSSR count). The number of amides is 1. The van der Waals surface area contributed by atoms with E-state index in [4.69, 9.17) is 9.47 Å². The third-order valence-corrected chi connectivity index (χ3v) is 5.78. The number of aliphatic carboxylic acids is 1. The molecule has 0 radical (unpaired) electrons. The normalized spacial score (nSPS) is 12.8. The molecule has 0 spiro atoms. The number of carbonyl (C=O) groups is 3. The predicted molar refractivity (Wildman–Crippen MR) is 122 cm³/mol. The average Bonchev–Trinajstić information content (AvgIpc) is 3.18. The van der Waals surface area contributed by atoms with Gasteiger partial charge in [0.25, 0.3) is 0 Å². The summed E-state index contributed by atoms with van der Waals surface area (Å²) in [7, 11) is 0. The Morgan fingerprint density at radius 1 is 0.824 bits per heavy atom. The van der Waals surface area contributed by atoms with E-state index in [9.17, 15) is 19.5 Å². The Morgan fingerprint density at radius 2 is 1.41 bits per heavy atom. The lowest BCUT2D eigenvalue weighted by Crippen LogP contribution is -2.43. The van der Waals surface area contributed by atoms with Crippen LogP contribution in [-0.2, 0) is 25.7 Å². The van der Waals surface area contributed by atoms with E-state index in [0.717, 1.165) is 27.8 Å². The minimum Gasteiger partial charge on any atom is -0.550 e. The summed E-state index contributed by atoms with van der Waals surface area (Å²) >= 11 is 0. The number of carboxylic acid groups (broad SMARTS) is 1. The number of carbonyl (C=O) groups excluding carboxylic acids is 3. The van der Waals surface area contributed by atoms with Crippen molar-refractivity contribution in [2.45, 2.75) is 31.4 Å². The van der Waals surface area contributed by atoms with Gasteiger partial charge in [0, 0.05) is 11.9 Å². The summed E-state index contributed by atoms with van der Waals surface area (Å²) in [5, 5.41) is 13.4. The first-order valence-corrected chi connectivity index (χ1v) is 11.0. The van der Waals surface area contributed by atoms with Crippen LogP contribution in [0.25, 0.3) is 11.1 Å². The molecule has 0 aromatic heterocycles. The highest BCUT2D eigenvalue weighted by molar-refractivity contribution is 5.82. The molecular formula is C27H24NO6-. The van der Waals surface area contributed by atoms with Gasteiger partial charge in [0.1, 0.15) is 19.3 Å². The number of alkyl carbamates (subject to hydrolysis) is 1.